The van der Waals surface area contributed by atoms with Crippen molar-refractivity contribution in [1.82, 2.24) is 0 Å². The van der Waals surface area contributed by atoms with E-state index in [1.807, 2.05) is 0 Å². The summed E-state index contributed by atoms with van der Waals surface area (Å²) >= 11 is 0. The largest absolute Gasteiger partial charge is 0.0732 e. The van der Waals surface area contributed by atoms with E-state index in [4.69, 9.17) is 0 Å². The summed E-state index contributed by atoms with van der Waals surface area (Å²) in [6.07, 6.45) is 4.91. The molecule has 0 aliphatic heterocycles. The quantitative estimate of drug-likeness (QED) is 0.639. The van der Waals surface area contributed by atoms with Gasteiger partial charge in [-0.15, -0.1) is 0 Å². The predicted octanol–water partition coefficient (Wildman–Crippen LogP) is 5.51. The molecule has 0 N–H and O–H groups in total. The molecule has 0 fully saturated rings. The van der Waals surface area contributed by atoms with Crippen LogP contribution in [0.15, 0.2) is 71.8 Å². The molecule has 0 spiro atoms. The van der Waals surface area contributed by atoms with Gasteiger partial charge in [0.2, 0.25) is 0 Å². The van der Waals surface area contributed by atoms with Crippen molar-refractivity contribution in [2.45, 2.75) is 38.5 Å². The Balaban J connectivity index is 1.73. The fraction of sp³-hybridized carbons (Fsp3) is 0.300. The van der Waals surface area contributed by atoms with Gasteiger partial charge in [-0.25, -0.2) is 0 Å². The fourth-order valence-electron chi connectivity index (χ4n) is 3.27. The van der Waals surface area contributed by atoms with Crippen LogP contribution in [0.5, 0.6) is 0 Å². The maximum Gasteiger partial charge on any atom is -0.00645 e. The van der Waals surface area contributed by atoms with Crippen molar-refractivity contribution < 1.29 is 0 Å². The third-order valence-electron chi connectivity index (χ3n) is 4.48. The van der Waals surface area contributed by atoms with Crippen LogP contribution in [0.3, 0.4) is 0 Å². The zero-order chi connectivity index (χ0) is 13.8. The summed E-state index contributed by atoms with van der Waals surface area (Å²) in [5, 5.41) is 0. The molecule has 0 heteroatoms. The molecule has 0 bridgehead atoms. The van der Waals surface area contributed by atoms with Crippen molar-refractivity contribution in [2.75, 3.05) is 0 Å². The number of hydrogen-bond acceptors (Lipinski definition) is 0. The van der Waals surface area contributed by atoms with Crippen LogP contribution in [0.2, 0.25) is 0 Å². The average Bonchev–Trinajstić information content (AvgIpc) is 2.51. The summed E-state index contributed by atoms with van der Waals surface area (Å²) in [5.41, 5.74) is 6.21. The van der Waals surface area contributed by atoms with E-state index in [-0.39, 0.29) is 0 Å². The molecule has 1 atom stereocenters. The van der Waals surface area contributed by atoms with E-state index >= 15 is 0 Å². The third-order valence-corrected chi connectivity index (χ3v) is 4.48. The highest BCUT2D eigenvalue weighted by Crippen LogP contribution is 2.37. The molecule has 1 unspecified atom stereocenters. The van der Waals surface area contributed by atoms with Gasteiger partial charge in [-0.1, -0.05) is 71.8 Å². The Bertz CT molecular complexity index is 578. The molecule has 0 aromatic heterocycles. The van der Waals surface area contributed by atoms with Crippen molar-refractivity contribution in [1.29, 1.82) is 0 Å². The first-order chi connectivity index (χ1) is 9.83. The topological polar surface area (TPSA) is 0 Å². The van der Waals surface area contributed by atoms with Crippen LogP contribution < -0.4 is 0 Å². The molecule has 102 valence electrons. The van der Waals surface area contributed by atoms with E-state index in [9.17, 15) is 0 Å². The van der Waals surface area contributed by atoms with Crippen LogP contribution in [0.1, 0.15) is 43.2 Å². The van der Waals surface area contributed by atoms with E-state index in [2.05, 4.69) is 67.6 Å². The predicted molar refractivity (Wildman–Crippen MR) is 85.9 cm³/mol. The number of benzene rings is 2. The van der Waals surface area contributed by atoms with Crippen molar-refractivity contribution in [2.24, 2.45) is 0 Å². The van der Waals surface area contributed by atoms with Crippen LogP contribution in [0, 0.1) is 0 Å². The minimum absolute atomic E-state index is 0.718. The second kappa shape index (κ2) is 6.09. The molecule has 0 heterocycles. The second-order valence-electron chi connectivity index (χ2n) is 5.90. The molecule has 20 heavy (non-hydrogen) atoms. The molecule has 0 nitrogen and oxygen atoms in total. The minimum Gasteiger partial charge on any atom is -0.0732 e. The lowest BCUT2D eigenvalue weighted by atomic mass is 9.79. The summed E-state index contributed by atoms with van der Waals surface area (Å²) < 4.78 is 0. The number of allylic oxidation sites excluding steroid dienone is 2. The number of hydrogen-bond donors (Lipinski definition) is 0. The molecular weight excluding hydrogens is 240 g/mol. The lowest BCUT2D eigenvalue weighted by Gasteiger charge is -2.26. The molecule has 0 radical (unpaired) electrons. The molecule has 0 amide bonds. The highest BCUT2D eigenvalue weighted by Gasteiger charge is 2.19. The lowest BCUT2D eigenvalue weighted by Crippen LogP contribution is -2.09. The molecule has 3 rings (SSSR count). The average molecular weight is 262 g/mol. The normalized spacial score (nSPS) is 19.1. The Morgan fingerprint density at radius 1 is 0.900 bits per heavy atom. The van der Waals surface area contributed by atoms with Gasteiger partial charge >= 0.3 is 0 Å². The summed E-state index contributed by atoms with van der Waals surface area (Å²) in [5.74, 6) is 0.718. The van der Waals surface area contributed by atoms with Crippen LogP contribution in [-0.2, 0) is 6.42 Å². The molecule has 2 aromatic carbocycles. The van der Waals surface area contributed by atoms with E-state index in [0.29, 0.717) is 0 Å². The van der Waals surface area contributed by atoms with Gasteiger partial charge in [0, 0.05) is 0 Å². The first-order valence-electron chi connectivity index (χ1n) is 7.59. The fourth-order valence-corrected chi connectivity index (χ4v) is 3.27. The molecule has 2 aromatic rings. The standard InChI is InChI=1S/C20H22/c1-16-14-20(18-10-6-3-7-11-18)13-12-19(16)15-17-8-4-2-5-9-17/h2-11,20H,12-15H2,1H3. The van der Waals surface area contributed by atoms with Gasteiger partial charge in [-0.3, -0.25) is 0 Å². The van der Waals surface area contributed by atoms with Crippen molar-refractivity contribution in [3.05, 3.63) is 82.9 Å². The lowest BCUT2D eigenvalue weighted by molar-refractivity contribution is 0.570. The van der Waals surface area contributed by atoms with Crippen LogP contribution >= 0.6 is 0 Å². The first kappa shape index (κ1) is 13.2. The Kier molecular flexibility index (Phi) is 4.01. The van der Waals surface area contributed by atoms with E-state index in [1.165, 1.54) is 30.4 Å². The zero-order valence-corrected chi connectivity index (χ0v) is 12.2. The number of rotatable bonds is 3. The van der Waals surface area contributed by atoms with Crippen LogP contribution in [0.4, 0.5) is 0 Å². The van der Waals surface area contributed by atoms with Crippen LogP contribution in [0.25, 0.3) is 0 Å². The first-order valence-corrected chi connectivity index (χ1v) is 7.59. The summed E-state index contributed by atoms with van der Waals surface area (Å²) in [7, 11) is 0. The Morgan fingerprint density at radius 2 is 1.55 bits per heavy atom. The van der Waals surface area contributed by atoms with Gasteiger partial charge in [0.1, 0.15) is 0 Å². The van der Waals surface area contributed by atoms with E-state index < -0.39 is 0 Å². The van der Waals surface area contributed by atoms with Crippen molar-refractivity contribution in [3.8, 4) is 0 Å². The Hall–Kier alpha value is -1.82. The highest BCUT2D eigenvalue weighted by atomic mass is 14.2. The van der Waals surface area contributed by atoms with Crippen molar-refractivity contribution in [3.63, 3.8) is 0 Å². The van der Waals surface area contributed by atoms with Gasteiger partial charge < -0.3 is 0 Å². The summed E-state index contributed by atoms with van der Waals surface area (Å²) in [4.78, 5) is 0. The summed E-state index contributed by atoms with van der Waals surface area (Å²) in [6, 6.07) is 21.8. The van der Waals surface area contributed by atoms with Gasteiger partial charge in [-0.05, 0) is 49.7 Å². The monoisotopic (exact) mass is 262 g/mol. The van der Waals surface area contributed by atoms with Gasteiger partial charge in [0.25, 0.3) is 0 Å². The highest BCUT2D eigenvalue weighted by molar-refractivity contribution is 5.30. The molecule has 0 saturated heterocycles. The molecular formula is C20H22. The van der Waals surface area contributed by atoms with Crippen LogP contribution in [-0.4, -0.2) is 0 Å². The Labute approximate surface area is 122 Å². The van der Waals surface area contributed by atoms with Crippen molar-refractivity contribution >= 4 is 0 Å². The molecule has 1 aliphatic rings. The van der Waals surface area contributed by atoms with E-state index in [0.717, 1.165) is 12.3 Å². The maximum atomic E-state index is 2.33. The zero-order valence-electron chi connectivity index (χ0n) is 12.2. The van der Waals surface area contributed by atoms with Gasteiger partial charge in [-0.2, -0.15) is 0 Å². The van der Waals surface area contributed by atoms with Gasteiger partial charge in [0.05, 0.1) is 0 Å². The minimum atomic E-state index is 0.718. The maximum absolute atomic E-state index is 2.33. The third kappa shape index (κ3) is 3.01. The SMILES string of the molecule is CC1=C(Cc2ccccc2)CCC(c2ccccc2)C1. The second-order valence-corrected chi connectivity index (χ2v) is 5.90. The molecule has 0 saturated carbocycles. The smallest absolute Gasteiger partial charge is 0.00645 e. The summed E-state index contributed by atoms with van der Waals surface area (Å²) in [6.45, 7) is 2.33. The Morgan fingerprint density at radius 3 is 2.20 bits per heavy atom. The van der Waals surface area contributed by atoms with Gasteiger partial charge in [0.15, 0.2) is 0 Å². The molecule has 1 aliphatic carbocycles. The van der Waals surface area contributed by atoms with E-state index in [1.54, 1.807) is 11.1 Å².